The number of ether oxygens (including phenoxy) is 1. The van der Waals surface area contributed by atoms with Gasteiger partial charge in [0.15, 0.2) is 0 Å². The average Bonchev–Trinajstić information content (AvgIpc) is 2.83. The SMILES string of the molecule is COCC(C)C1CCN(Cc2ccn[nH]2)CC1. The van der Waals surface area contributed by atoms with E-state index in [1.165, 1.54) is 31.6 Å². The minimum atomic E-state index is 0.689. The Kier molecular flexibility index (Phi) is 4.57. The van der Waals surface area contributed by atoms with E-state index in [9.17, 15) is 0 Å². The van der Waals surface area contributed by atoms with Crippen LogP contribution in [0.3, 0.4) is 0 Å². The van der Waals surface area contributed by atoms with E-state index in [1.54, 1.807) is 7.11 Å². The fourth-order valence-electron chi connectivity index (χ4n) is 2.69. The maximum absolute atomic E-state index is 5.24. The summed E-state index contributed by atoms with van der Waals surface area (Å²) in [5, 5.41) is 7.01. The topological polar surface area (TPSA) is 41.1 Å². The van der Waals surface area contributed by atoms with Crippen molar-refractivity contribution in [1.82, 2.24) is 15.1 Å². The van der Waals surface area contributed by atoms with Crippen molar-refractivity contribution in [1.29, 1.82) is 0 Å². The monoisotopic (exact) mass is 237 g/mol. The van der Waals surface area contributed by atoms with Crippen molar-refractivity contribution in [2.75, 3.05) is 26.8 Å². The van der Waals surface area contributed by atoms with E-state index in [4.69, 9.17) is 4.74 Å². The lowest BCUT2D eigenvalue weighted by Gasteiger charge is -2.34. The van der Waals surface area contributed by atoms with Crippen LogP contribution in [0.15, 0.2) is 12.3 Å². The van der Waals surface area contributed by atoms with Crippen LogP contribution < -0.4 is 0 Å². The van der Waals surface area contributed by atoms with Gasteiger partial charge in [0.25, 0.3) is 0 Å². The van der Waals surface area contributed by atoms with E-state index in [-0.39, 0.29) is 0 Å². The van der Waals surface area contributed by atoms with Crippen LogP contribution in [0, 0.1) is 11.8 Å². The van der Waals surface area contributed by atoms with Crippen LogP contribution in [0.25, 0.3) is 0 Å². The van der Waals surface area contributed by atoms with Crippen molar-refractivity contribution in [2.24, 2.45) is 11.8 Å². The van der Waals surface area contributed by atoms with Crippen molar-refractivity contribution in [2.45, 2.75) is 26.3 Å². The Morgan fingerprint density at radius 2 is 2.29 bits per heavy atom. The predicted octanol–water partition coefficient (Wildman–Crippen LogP) is 1.90. The normalized spacial score (nSPS) is 20.6. The molecule has 1 N–H and O–H groups in total. The van der Waals surface area contributed by atoms with Gasteiger partial charge in [0.2, 0.25) is 0 Å². The number of methoxy groups -OCH3 is 1. The second kappa shape index (κ2) is 6.17. The Balaban J connectivity index is 1.74. The average molecular weight is 237 g/mol. The Hall–Kier alpha value is -0.870. The molecule has 0 saturated carbocycles. The number of likely N-dealkylation sites (tertiary alicyclic amines) is 1. The molecular weight excluding hydrogens is 214 g/mol. The van der Waals surface area contributed by atoms with Gasteiger partial charge in [-0.25, -0.2) is 0 Å². The highest BCUT2D eigenvalue weighted by Gasteiger charge is 2.23. The zero-order valence-corrected chi connectivity index (χ0v) is 10.9. The lowest BCUT2D eigenvalue weighted by Crippen LogP contribution is -2.36. The first kappa shape index (κ1) is 12.6. The summed E-state index contributed by atoms with van der Waals surface area (Å²) in [6.07, 6.45) is 4.40. The van der Waals surface area contributed by atoms with Crippen LogP contribution >= 0.6 is 0 Å². The van der Waals surface area contributed by atoms with Gasteiger partial charge in [-0.2, -0.15) is 5.10 Å². The van der Waals surface area contributed by atoms with E-state index in [0.29, 0.717) is 5.92 Å². The lowest BCUT2D eigenvalue weighted by atomic mass is 9.86. The van der Waals surface area contributed by atoms with Gasteiger partial charge in [-0.1, -0.05) is 6.92 Å². The summed E-state index contributed by atoms with van der Waals surface area (Å²) in [6.45, 7) is 6.59. The van der Waals surface area contributed by atoms with Crippen molar-refractivity contribution < 1.29 is 4.74 Å². The Morgan fingerprint density at radius 3 is 2.88 bits per heavy atom. The standard InChI is InChI=1S/C13H23N3O/c1-11(10-17-2)12-4-7-16(8-5-12)9-13-3-6-14-15-13/h3,6,11-12H,4-5,7-10H2,1-2H3,(H,14,15). The summed E-state index contributed by atoms with van der Waals surface area (Å²) in [5.74, 6) is 1.52. The maximum atomic E-state index is 5.24. The molecular formula is C13H23N3O. The molecule has 1 aliphatic heterocycles. The van der Waals surface area contributed by atoms with Crippen LogP contribution in [0.1, 0.15) is 25.5 Å². The predicted molar refractivity (Wildman–Crippen MR) is 67.6 cm³/mol. The second-order valence-electron chi connectivity index (χ2n) is 5.13. The van der Waals surface area contributed by atoms with E-state index in [2.05, 4.69) is 28.1 Å². The molecule has 96 valence electrons. The molecule has 1 aromatic heterocycles. The number of nitrogens with zero attached hydrogens (tertiary/aromatic N) is 2. The quantitative estimate of drug-likeness (QED) is 0.850. The summed E-state index contributed by atoms with van der Waals surface area (Å²) < 4.78 is 5.24. The first-order chi connectivity index (χ1) is 8.29. The van der Waals surface area contributed by atoms with E-state index >= 15 is 0 Å². The van der Waals surface area contributed by atoms with E-state index < -0.39 is 0 Å². The molecule has 0 spiro atoms. The number of rotatable bonds is 5. The Bertz CT molecular complexity index is 304. The molecule has 0 amide bonds. The number of hydrogen-bond acceptors (Lipinski definition) is 3. The van der Waals surface area contributed by atoms with Gasteiger partial charge in [0, 0.05) is 32.2 Å². The first-order valence-electron chi connectivity index (χ1n) is 6.49. The molecule has 4 nitrogen and oxygen atoms in total. The lowest BCUT2D eigenvalue weighted by molar-refractivity contribution is 0.0875. The molecule has 17 heavy (non-hydrogen) atoms. The van der Waals surface area contributed by atoms with Crippen molar-refractivity contribution in [3.8, 4) is 0 Å². The van der Waals surface area contributed by atoms with Gasteiger partial charge >= 0.3 is 0 Å². The molecule has 1 unspecified atom stereocenters. The van der Waals surface area contributed by atoms with E-state index in [1.807, 2.05) is 6.20 Å². The molecule has 0 aromatic carbocycles. The number of hydrogen-bond donors (Lipinski definition) is 1. The highest BCUT2D eigenvalue weighted by molar-refractivity contribution is 4.97. The smallest absolute Gasteiger partial charge is 0.0492 e. The zero-order chi connectivity index (χ0) is 12.1. The first-order valence-corrected chi connectivity index (χ1v) is 6.49. The molecule has 1 aliphatic rings. The fraction of sp³-hybridized carbons (Fsp3) is 0.769. The van der Waals surface area contributed by atoms with Crippen LogP contribution in [-0.4, -0.2) is 41.9 Å². The summed E-state index contributed by atoms with van der Waals surface area (Å²) in [7, 11) is 1.80. The minimum Gasteiger partial charge on any atom is -0.384 e. The van der Waals surface area contributed by atoms with Gasteiger partial charge in [-0.05, 0) is 43.8 Å². The minimum absolute atomic E-state index is 0.689. The van der Waals surface area contributed by atoms with Crippen LogP contribution in [0.5, 0.6) is 0 Å². The number of H-pyrrole nitrogens is 1. The highest BCUT2D eigenvalue weighted by atomic mass is 16.5. The third-order valence-electron chi connectivity index (χ3n) is 3.82. The number of nitrogens with one attached hydrogen (secondary N) is 1. The summed E-state index contributed by atoms with van der Waals surface area (Å²) in [4.78, 5) is 2.50. The van der Waals surface area contributed by atoms with Gasteiger partial charge in [0.05, 0.1) is 0 Å². The van der Waals surface area contributed by atoms with Crippen LogP contribution in [0.2, 0.25) is 0 Å². The molecule has 4 heteroatoms. The summed E-state index contributed by atoms with van der Waals surface area (Å²) in [6, 6.07) is 2.06. The fourth-order valence-corrected chi connectivity index (χ4v) is 2.69. The van der Waals surface area contributed by atoms with Gasteiger partial charge in [-0.3, -0.25) is 10.00 Å². The Morgan fingerprint density at radius 1 is 1.53 bits per heavy atom. The van der Waals surface area contributed by atoms with Crippen molar-refractivity contribution in [3.05, 3.63) is 18.0 Å². The number of piperidine rings is 1. The zero-order valence-electron chi connectivity index (χ0n) is 10.9. The summed E-state index contributed by atoms with van der Waals surface area (Å²) in [5.41, 5.74) is 1.22. The third-order valence-corrected chi connectivity index (χ3v) is 3.82. The molecule has 2 rings (SSSR count). The summed E-state index contributed by atoms with van der Waals surface area (Å²) >= 11 is 0. The molecule has 1 fully saturated rings. The number of aromatic amines is 1. The van der Waals surface area contributed by atoms with Crippen molar-refractivity contribution in [3.63, 3.8) is 0 Å². The van der Waals surface area contributed by atoms with Crippen LogP contribution in [0.4, 0.5) is 0 Å². The van der Waals surface area contributed by atoms with E-state index in [0.717, 1.165) is 19.1 Å². The van der Waals surface area contributed by atoms with Crippen molar-refractivity contribution >= 4 is 0 Å². The molecule has 0 radical (unpaired) electrons. The molecule has 1 saturated heterocycles. The number of aromatic nitrogens is 2. The molecule has 1 aromatic rings. The molecule has 0 bridgehead atoms. The van der Waals surface area contributed by atoms with Gasteiger partial charge in [0.1, 0.15) is 0 Å². The third kappa shape index (κ3) is 3.54. The largest absolute Gasteiger partial charge is 0.384 e. The second-order valence-corrected chi connectivity index (χ2v) is 5.13. The van der Waals surface area contributed by atoms with Gasteiger partial charge < -0.3 is 4.74 Å². The maximum Gasteiger partial charge on any atom is 0.0492 e. The molecule has 2 heterocycles. The van der Waals surface area contributed by atoms with Crippen LogP contribution in [-0.2, 0) is 11.3 Å². The van der Waals surface area contributed by atoms with Gasteiger partial charge in [-0.15, -0.1) is 0 Å². The Labute approximate surface area is 103 Å². The molecule has 1 atom stereocenters. The highest BCUT2D eigenvalue weighted by Crippen LogP contribution is 2.25. The molecule has 0 aliphatic carbocycles.